The van der Waals surface area contributed by atoms with Crippen molar-refractivity contribution >= 4 is 17.3 Å². The van der Waals surface area contributed by atoms with Crippen LogP contribution in [0.3, 0.4) is 0 Å². The van der Waals surface area contributed by atoms with E-state index in [1.54, 1.807) is 0 Å². The summed E-state index contributed by atoms with van der Waals surface area (Å²) in [5, 5.41) is 4.24. The highest BCUT2D eigenvalue weighted by molar-refractivity contribution is 6.30. The maximum absolute atomic E-state index is 6.01. The average molecular weight is 260 g/mol. The van der Waals surface area contributed by atoms with Gasteiger partial charge in [0.05, 0.1) is 0 Å². The fraction of sp³-hybridized carbons (Fsp3) is 0.250. The van der Waals surface area contributed by atoms with Gasteiger partial charge < -0.3 is 5.32 Å². The quantitative estimate of drug-likeness (QED) is 0.827. The number of halogens is 1. The molecule has 2 rings (SSSR count). The van der Waals surface area contributed by atoms with Gasteiger partial charge in [0.2, 0.25) is 0 Å². The summed E-state index contributed by atoms with van der Waals surface area (Å²) in [6.45, 7) is 5.22. The van der Waals surface area contributed by atoms with Crippen LogP contribution in [0.4, 0.5) is 5.69 Å². The fourth-order valence-corrected chi connectivity index (χ4v) is 2.12. The molecule has 0 saturated carbocycles. The standard InChI is InChI=1S/C16H18ClN/c1-12-8-9-15(17)10-16(12)18-11-13(2)14-6-4-3-5-7-14/h3-10,13,18H,11H2,1-2H3. The Kier molecular flexibility index (Phi) is 4.27. The number of nitrogens with one attached hydrogen (secondary N) is 1. The molecule has 0 aliphatic carbocycles. The molecule has 2 aromatic rings. The van der Waals surface area contributed by atoms with Crippen LogP contribution in [0.5, 0.6) is 0 Å². The molecule has 1 atom stereocenters. The zero-order chi connectivity index (χ0) is 13.0. The Bertz CT molecular complexity index is 508. The summed E-state index contributed by atoms with van der Waals surface area (Å²) in [6, 6.07) is 16.5. The molecule has 0 fully saturated rings. The van der Waals surface area contributed by atoms with E-state index in [-0.39, 0.29) is 0 Å². The van der Waals surface area contributed by atoms with Gasteiger partial charge in [-0.3, -0.25) is 0 Å². The Morgan fingerprint density at radius 2 is 1.83 bits per heavy atom. The minimum atomic E-state index is 0.476. The Balaban J connectivity index is 2.01. The normalized spacial score (nSPS) is 12.2. The van der Waals surface area contributed by atoms with E-state index >= 15 is 0 Å². The monoisotopic (exact) mass is 259 g/mol. The zero-order valence-electron chi connectivity index (χ0n) is 10.8. The van der Waals surface area contributed by atoms with Gasteiger partial charge in [-0.2, -0.15) is 0 Å². The van der Waals surface area contributed by atoms with Crippen molar-refractivity contribution in [1.29, 1.82) is 0 Å². The highest BCUT2D eigenvalue weighted by Gasteiger charge is 2.05. The molecule has 1 nitrogen and oxygen atoms in total. The van der Waals surface area contributed by atoms with Gasteiger partial charge in [-0.15, -0.1) is 0 Å². The third-order valence-electron chi connectivity index (χ3n) is 3.17. The minimum absolute atomic E-state index is 0.476. The van der Waals surface area contributed by atoms with E-state index in [4.69, 9.17) is 11.6 Å². The van der Waals surface area contributed by atoms with Crippen molar-refractivity contribution in [2.75, 3.05) is 11.9 Å². The molecule has 0 aliphatic rings. The molecule has 0 heterocycles. The van der Waals surface area contributed by atoms with E-state index in [1.165, 1.54) is 11.1 Å². The number of aryl methyl sites for hydroxylation is 1. The molecule has 2 heteroatoms. The van der Waals surface area contributed by atoms with Gasteiger partial charge in [0.1, 0.15) is 0 Å². The molecule has 1 unspecified atom stereocenters. The van der Waals surface area contributed by atoms with Crippen molar-refractivity contribution in [3.05, 3.63) is 64.7 Å². The van der Waals surface area contributed by atoms with Crippen LogP contribution in [-0.2, 0) is 0 Å². The predicted molar refractivity (Wildman–Crippen MR) is 79.5 cm³/mol. The van der Waals surface area contributed by atoms with E-state index in [0.29, 0.717) is 5.92 Å². The summed E-state index contributed by atoms with van der Waals surface area (Å²) in [4.78, 5) is 0. The third-order valence-corrected chi connectivity index (χ3v) is 3.40. The molecule has 0 aromatic heterocycles. The van der Waals surface area contributed by atoms with E-state index in [2.05, 4.69) is 43.4 Å². The van der Waals surface area contributed by atoms with E-state index in [0.717, 1.165) is 17.3 Å². The van der Waals surface area contributed by atoms with Gasteiger partial charge in [-0.1, -0.05) is 54.9 Å². The molecule has 0 aliphatic heterocycles. The highest BCUT2D eigenvalue weighted by atomic mass is 35.5. The van der Waals surface area contributed by atoms with Gasteiger partial charge in [0.15, 0.2) is 0 Å². The number of anilines is 1. The SMILES string of the molecule is Cc1ccc(Cl)cc1NCC(C)c1ccccc1. The second-order valence-electron chi connectivity index (χ2n) is 4.65. The molecule has 0 amide bonds. The van der Waals surface area contributed by atoms with Crippen LogP contribution in [-0.4, -0.2) is 6.54 Å². The van der Waals surface area contributed by atoms with Crippen LogP contribution in [0.2, 0.25) is 5.02 Å². The van der Waals surface area contributed by atoms with Gasteiger partial charge >= 0.3 is 0 Å². The summed E-state index contributed by atoms with van der Waals surface area (Å²) in [5.41, 5.74) is 3.69. The average Bonchev–Trinajstić information content (AvgIpc) is 2.40. The first kappa shape index (κ1) is 13.0. The third kappa shape index (κ3) is 3.27. The van der Waals surface area contributed by atoms with Crippen molar-refractivity contribution in [1.82, 2.24) is 0 Å². The van der Waals surface area contributed by atoms with Crippen LogP contribution in [0.1, 0.15) is 24.0 Å². The lowest BCUT2D eigenvalue weighted by atomic mass is 10.0. The molecular formula is C16H18ClN. The lowest BCUT2D eigenvalue weighted by Crippen LogP contribution is -2.10. The molecular weight excluding hydrogens is 242 g/mol. The van der Waals surface area contributed by atoms with Crippen LogP contribution in [0.25, 0.3) is 0 Å². The number of benzene rings is 2. The van der Waals surface area contributed by atoms with Crippen LogP contribution in [0.15, 0.2) is 48.5 Å². The first-order chi connectivity index (χ1) is 8.66. The van der Waals surface area contributed by atoms with Crippen molar-refractivity contribution in [2.45, 2.75) is 19.8 Å². The molecule has 94 valence electrons. The molecule has 0 spiro atoms. The van der Waals surface area contributed by atoms with Gasteiger partial charge in [-0.05, 0) is 36.1 Å². The van der Waals surface area contributed by atoms with Crippen LogP contribution in [0, 0.1) is 6.92 Å². The molecule has 0 saturated heterocycles. The Morgan fingerprint density at radius 3 is 2.56 bits per heavy atom. The smallest absolute Gasteiger partial charge is 0.0426 e. The number of hydrogen-bond acceptors (Lipinski definition) is 1. The lowest BCUT2D eigenvalue weighted by molar-refractivity contribution is 0.804. The van der Waals surface area contributed by atoms with E-state index in [9.17, 15) is 0 Å². The molecule has 1 N–H and O–H groups in total. The first-order valence-electron chi connectivity index (χ1n) is 6.22. The Hall–Kier alpha value is -1.47. The van der Waals surface area contributed by atoms with Crippen LogP contribution < -0.4 is 5.32 Å². The maximum Gasteiger partial charge on any atom is 0.0426 e. The first-order valence-corrected chi connectivity index (χ1v) is 6.59. The Morgan fingerprint density at radius 1 is 1.11 bits per heavy atom. The summed E-state index contributed by atoms with van der Waals surface area (Å²) in [5.74, 6) is 0.476. The number of hydrogen-bond donors (Lipinski definition) is 1. The summed E-state index contributed by atoms with van der Waals surface area (Å²) >= 11 is 6.01. The van der Waals surface area contributed by atoms with Crippen molar-refractivity contribution in [2.24, 2.45) is 0 Å². The summed E-state index contributed by atoms with van der Waals surface area (Å²) in [6.07, 6.45) is 0. The summed E-state index contributed by atoms with van der Waals surface area (Å²) < 4.78 is 0. The molecule has 2 aromatic carbocycles. The van der Waals surface area contributed by atoms with Crippen molar-refractivity contribution in [3.63, 3.8) is 0 Å². The van der Waals surface area contributed by atoms with Crippen molar-refractivity contribution in [3.8, 4) is 0 Å². The molecule has 0 radical (unpaired) electrons. The lowest BCUT2D eigenvalue weighted by Gasteiger charge is -2.15. The van der Waals surface area contributed by atoms with Gasteiger partial charge in [-0.25, -0.2) is 0 Å². The second-order valence-corrected chi connectivity index (χ2v) is 5.09. The highest BCUT2D eigenvalue weighted by Crippen LogP contribution is 2.22. The topological polar surface area (TPSA) is 12.0 Å². The Labute approximate surface area is 114 Å². The zero-order valence-corrected chi connectivity index (χ0v) is 11.5. The van der Waals surface area contributed by atoms with E-state index < -0.39 is 0 Å². The second kappa shape index (κ2) is 5.92. The fourth-order valence-electron chi connectivity index (χ4n) is 1.95. The maximum atomic E-state index is 6.01. The van der Waals surface area contributed by atoms with Crippen LogP contribution >= 0.6 is 11.6 Å². The van der Waals surface area contributed by atoms with Gasteiger partial charge in [0.25, 0.3) is 0 Å². The minimum Gasteiger partial charge on any atom is -0.384 e. The predicted octanol–water partition coefficient (Wildman–Crippen LogP) is 4.86. The van der Waals surface area contributed by atoms with Crippen molar-refractivity contribution < 1.29 is 0 Å². The van der Waals surface area contributed by atoms with Gasteiger partial charge in [0, 0.05) is 17.3 Å². The summed E-state index contributed by atoms with van der Waals surface area (Å²) in [7, 11) is 0. The number of rotatable bonds is 4. The molecule has 0 bridgehead atoms. The largest absolute Gasteiger partial charge is 0.384 e. The molecule has 18 heavy (non-hydrogen) atoms. The van der Waals surface area contributed by atoms with E-state index in [1.807, 2.05) is 24.3 Å².